The van der Waals surface area contributed by atoms with Crippen LogP contribution in [0.25, 0.3) is 5.00 Å². The van der Waals surface area contributed by atoms with Gasteiger partial charge in [0, 0.05) is 28.5 Å². The number of urea groups is 1. The summed E-state index contributed by atoms with van der Waals surface area (Å²) in [6, 6.07) is 9.67. The zero-order valence-corrected chi connectivity index (χ0v) is 16.7. The fraction of sp³-hybridized carbons (Fsp3) is 0.286. The maximum Gasteiger partial charge on any atom is 0.319 e. The van der Waals surface area contributed by atoms with E-state index in [2.05, 4.69) is 29.0 Å². The van der Waals surface area contributed by atoms with Crippen molar-refractivity contribution in [3.05, 3.63) is 69.9 Å². The van der Waals surface area contributed by atoms with Gasteiger partial charge in [-0.1, -0.05) is 12.1 Å². The Labute approximate surface area is 158 Å². The molecule has 1 atom stereocenters. The van der Waals surface area contributed by atoms with Gasteiger partial charge in [-0.25, -0.2) is 4.79 Å². The third-order valence-electron chi connectivity index (χ3n) is 4.88. The van der Waals surface area contributed by atoms with Crippen LogP contribution in [0.4, 0.5) is 10.5 Å². The van der Waals surface area contributed by atoms with Crippen LogP contribution in [-0.4, -0.2) is 10.6 Å². The van der Waals surface area contributed by atoms with Gasteiger partial charge in [-0.15, -0.1) is 11.3 Å². The number of nitrogens with one attached hydrogen (secondary N) is 2. The standard InChI is InChI=1S/C21H25N3OS/c1-13-9-8-10-18(14(13)2)23-21(25)22-16(4)19-15(3)17(5)26-20(19)24-11-6-7-12-24/h6-12,16H,1-5H3,(H2,22,23,25)/t16-/m1/s1. The van der Waals surface area contributed by atoms with Crippen LogP contribution < -0.4 is 10.6 Å². The number of hydrogen-bond donors (Lipinski definition) is 2. The normalized spacial score (nSPS) is 12.0. The molecule has 2 N–H and O–H groups in total. The van der Waals surface area contributed by atoms with E-state index in [1.54, 1.807) is 11.3 Å². The molecular weight excluding hydrogens is 342 g/mol. The molecule has 3 aromatic rings. The van der Waals surface area contributed by atoms with Crippen molar-refractivity contribution in [3.63, 3.8) is 0 Å². The van der Waals surface area contributed by atoms with Gasteiger partial charge in [-0.2, -0.15) is 0 Å². The van der Waals surface area contributed by atoms with E-state index in [-0.39, 0.29) is 12.1 Å². The van der Waals surface area contributed by atoms with Crippen molar-refractivity contribution < 1.29 is 4.79 Å². The van der Waals surface area contributed by atoms with E-state index in [9.17, 15) is 4.79 Å². The molecule has 136 valence electrons. The molecule has 2 amide bonds. The number of rotatable bonds is 4. The number of benzene rings is 1. The van der Waals surface area contributed by atoms with Gasteiger partial charge in [0.05, 0.1) is 6.04 Å². The Morgan fingerprint density at radius 2 is 1.73 bits per heavy atom. The minimum Gasteiger partial charge on any atom is -0.331 e. The molecule has 0 saturated carbocycles. The molecule has 0 bridgehead atoms. The molecule has 0 radical (unpaired) electrons. The highest BCUT2D eigenvalue weighted by Crippen LogP contribution is 2.35. The van der Waals surface area contributed by atoms with Gasteiger partial charge < -0.3 is 15.2 Å². The van der Waals surface area contributed by atoms with Gasteiger partial charge in [-0.05, 0) is 69.5 Å². The van der Waals surface area contributed by atoms with Crippen LogP contribution in [0, 0.1) is 27.7 Å². The summed E-state index contributed by atoms with van der Waals surface area (Å²) in [5, 5.41) is 7.23. The van der Waals surface area contributed by atoms with Crippen molar-refractivity contribution in [1.29, 1.82) is 0 Å². The Morgan fingerprint density at radius 3 is 2.42 bits per heavy atom. The third kappa shape index (κ3) is 3.53. The average Bonchev–Trinajstić information content (AvgIpc) is 3.21. The van der Waals surface area contributed by atoms with Crippen molar-refractivity contribution in [2.45, 2.75) is 40.7 Å². The first-order valence-corrected chi connectivity index (χ1v) is 9.57. The molecule has 0 aliphatic heterocycles. The third-order valence-corrected chi connectivity index (χ3v) is 6.12. The molecular formula is C21H25N3OS. The van der Waals surface area contributed by atoms with Gasteiger partial charge in [-0.3, -0.25) is 0 Å². The summed E-state index contributed by atoms with van der Waals surface area (Å²) in [4.78, 5) is 13.8. The van der Waals surface area contributed by atoms with Crippen molar-refractivity contribution in [1.82, 2.24) is 9.88 Å². The van der Waals surface area contributed by atoms with E-state index in [4.69, 9.17) is 0 Å². The van der Waals surface area contributed by atoms with E-state index in [1.165, 1.54) is 16.0 Å². The van der Waals surface area contributed by atoms with Crippen LogP contribution in [0.15, 0.2) is 42.7 Å². The molecule has 5 heteroatoms. The highest BCUT2D eigenvalue weighted by atomic mass is 32.1. The lowest BCUT2D eigenvalue weighted by atomic mass is 10.1. The van der Waals surface area contributed by atoms with Crippen molar-refractivity contribution in [2.24, 2.45) is 0 Å². The lowest BCUT2D eigenvalue weighted by molar-refractivity contribution is 0.249. The van der Waals surface area contributed by atoms with E-state index in [0.29, 0.717) is 0 Å². The molecule has 1 aromatic carbocycles. The zero-order valence-electron chi connectivity index (χ0n) is 15.9. The predicted molar refractivity (Wildman–Crippen MR) is 110 cm³/mol. The maximum absolute atomic E-state index is 12.6. The largest absolute Gasteiger partial charge is 0.331 e. The second-order valence-corrected chi connectivity index (χ2v) is 7.86. The highest BCUT2D eigenvalue weighted by molar-refractivity contribution is 7.14. The average molecular weight is 368 g/mol. The Bertz CT molecular complexity index is 925. The number of carbonyl (C=O) groups excluding carboxylic acids is 1. The summed E-state index contributed by atoms with van der Waals surface area (Å²) in [5.41, 5.74) is 5.50. The van der Waals surface area contributed by atoms with Crippen LogP contribution in [0.2, 0.25) is 0 Å². The summed E-state index contributed by atoms with van der Waals surface area (Å²) in [6.07, 6.45) is 4.08. The molecule has 26 heavy (non-hydrogen) atoms. The first-order valence-electron chi connectivity index (χ1n) is 8.75. The fourth-order valence-electron chi connectivity index (χ4n) is 3.11. The number of amides is 2. The summed E-state index contributed by atoms with van der Waals surface area (Å²) < 4.78 is 2.11. The summed E-state index contributed by atoms with van der Waals surface area (Å²) in [7, 11) is 0. The molecule has 2 aromatic heterocycles. The predicted octanol–water partition coefficient (Wildman–Crippen LogP) is 5.66. The maximum atomic E-state index is 12.6. The SMILES string of the molecule is Cc1cccc(NC(=O)N[C@H](C)c2c(-n3cccc3)sc(C)c2C)c1C. The first kappa shape index (κ1) is 18.3. The van der Waals surface area contributed by atoms with Crippen molar-refractivity contribution >= 4 is 23.1 Å². The number of nitrogens with zero attached hydrogens (tertiary/aromatic N) is 1. The molecule has 2 heterocycles. The second kappa shape index (κ2) is 7.38. The monoisotopic (exact) mass is 367 g/mol. The van der Waals surface area contributed by atoms with Gasteiger partial charge in [0.1, 0.15) is 5.00 Å². The Hall–Kier alpha value is -2.53. The fourth-order valence-corrected chi connectivity index (χ4v) is 4.33. The second-order valence-electron chi connectivity index (χ2n) is 6.66. The van der Waals surface area contributed by atoms with Crippen molar-refractivity contribution in [3.8, 4) is 5.00 Å². The number of carbonyl (C=O) groups is 1. The van der Waals surface area contributed by atoms with Crippen LogP contribution in [0.5, 0.6) is 0 Å². The van der Waals surface area contributed by atoms with Gasteiger partial charge in [0.25, 0.3) is 0 Å². The number of hydrogen-bond acceptors (Lipinski definition) is 2. The molecule has 0 aliphatic carbocycles. The van der Waals surface area contributed by atoms with Crippen LogP contribution in [0.3, 0.4) is 0 Å². The summed E-state index contributed by atoms with van der Waals surface area (Å²) in [6.45, 7) is 10.3. The van der Waals surface area contributed by atoms with E-state index in [0.717, 1.165) is 21.8 Å². The van der Waals surface area contributed by atoms with Crippen LogP contribution >= 0.6 is 11.3 Å². The Morgan fingerprint density at radius 1 is 1.04 bits per heavy atom. The van der Waals surface area contributed by atoms with Crippen LogP contribution in [0.1, 0.15) is 40.1 Å². The lowest BCUT2D eigenvalue weighted by Crippen LogP contribution is -2.32. The molecule has 4 nitrogen and oxygen atoms in total. The van der Waals surface area contributed by atoms with Gasteiger partial charge in [0.2, 0.25) is 0 Å². The summed E-state index contributed by atoms with van der Waals surface area (Å²) >= 11 is 1.75. The van der Waals surface area contributed by atoms with Gasteiger partial charge in [0.15, 0.2) is 0 Å². The number of anilines is 1. The van der Waals surface area contributed by atoms with Crippen molar-refractivity contribution in [2.75, 3.05) is 5.32 Å². The zero-order chi connectivity index (χ0) is 18.8. The number of aryl methyl sites for hydroxylation is 2. The van der Waals surface area contributed by atoms with E-state index < -0.39 is 0 Å². The van der Waals surface area contributed by atoms with Gasteiger partial charge >= 0.3 is 6.03 Å². The van der Waals surface area contributed by atoms with E-state index in [1.807, 2.05) is 63.5 Å². The molecule has 0 unspecified atom stereocenters. The lowest BCUT2D eigenvalue weighted by Gasteiger charge is -2.18. The summed E-state index contributed by atoms with van der Waals surface area (Å²) in [5.74, 6) is 0. The van der Waals surface area contributed by atoms with Crippen LogP contribution in [-0.2, 0) is 0 Å². The minimum absolute atomic E-state index is 0.0949. The molecule has 0 fully saturated rings. The smallest absolute Gasteiger partial charge is 0.319 e. The Kier molecular flexibility index (Phi) is 5.18. The van der Waals surface area contributed by atoms with E-state index >= 15 is 0 Å². The molecule has 0 aliphatic rings. The minimum atomic E-state index is -0.187. The molecule has 0 spiro atoms. The topological polar surface area (TPSA) is 46.1 Å². The first-order chi connectivity index (χ1) is 12.4. The number of aromatic nitrogens is 1. The molecule has 3 rings (SSSR count). The highest BCUT2D eigenvalue weighted by Gasteiger charge is 2.21. The molecule has 0 saturated heterocycles. The Balaban J connectivity index is 1.81. The number of thiophene rings is 1. The quantitative estimate of drug-likeness (QED) is 0.614.